The van der Waals surface area contributed by atoms with Crippen molar-refractivity contribution < 1.29 is 14.3 Å². The van der Waals surface area contributed by atoms with Crippen LogP contribution < -0.4 is 5.73 Å². The molecule has 0 aliphatic heterocycles. The number of hydrogen-bond donors (Lipinski definition) is 1. The number of hydrogen-bond acceptors (Lipinski definition) is 4. The molecule has 0 radical (unpaired) electrons. The Morgan fingerprint density at radius 3 is 2.39 bits per heavy atom. The predicted molar refractivity (Wildman–Crippen MR) is 70.3 cm³/mol. The highest BCUT2D eigenvalue weighted by Crippen LogP contribution is 2.08. The van der Waals surface area contributed by atoms with E-state index in [2.05, 4.69) is 0 Å². The molecule has 4 heteroatoms. The van der Waals surface area contributed by atoms with Gasteiger partial charge in [0.25, 0.3) is 0 Å². The van der Waals surface area contributed by atoms with Crippen LogP contribution in [0.4, 0.5) is 0 Å². The monoisotopic (exact) mass is 251 g/mol. The Kier molecular flexibility index (Phi) is 5.31. The first-order chi connectivity index (χ1) is 8.42. The molecule has 100 valence electrons. The zero-order valence-corrected chi connectivity index (χ0v) is 11.2. The predicted octanol–water partition coefficient (Wildman–Crippen LogP) is 2.12. The van der Waals surface area contributed by atoms with Gasteiger partial charge in [-0.05, 0) is 38.5 Å². The van der Waals surface area contributed by atoms with E-state index in [0.29, 0.717) is 25.4 Å². The summed E-state index contributed by atoms with van der Waals surface area (Å²) in [6.07, 6.45) is 0. The molecule has 4 nitrogen and oxygen atoms in total. The van der Waals surface area contributed by atoms with Crippen molar-refractivity contribution in [1.82, 2.24) is 0 Å². The summed E-state index contributed by atoms with van der Waals surface area (Å²) in [6.45, 7) is 6.98. The van der Waals surface area contributed by atoms with Gasteiger partial charge >= 0.3 is 5.97 Å². The third-order valence-corrected chi connectivity index (χ3v) is 2.21. The summed E-state index contributed by atoms with van der Waals surface area (Å²) in [5.74, 6) is -0.298. The van der Waals surface area contributed by atoms with Crippen LogP contribution in [-0.2, 0) is 16.1 Å². The van der Waals surface area contributed by atoms with Crippen molar-refractivity contribution in [2.24, 2.45) is 5.73 Å². The SMILES string of the molecule is CCOC(=O)c1ccc(COCC(C)(C)N)cc1. The number of nitrogens with two attached hydrogens (primary N) is 1. The van der Waals surface area contributed by atoms with E-state index in [0.717, 1.165) is 5.56 Å². The van der Waals surface area contributed by atoms with E-state index >= 15 is 0 Å². The van der Waals surface area contributed by atoms with Gasteiger partial charge in [-0.25, -0.2) is 4.79 Å². The van der Waals surface area contributed by atoms with Crippen LogP contribution in [0.15, 0.2) is 24.3 Å². The van der Waals surface area contributed by atoms with Gasteiger partial charge in [-0.15, -0.1) is 0 Å². The third-order valence-electron chi connectivity index (χ3n) is 2.21. The van der Waals surface area contributed by atoms with E-state index in [9.17, 15) is 4.79 Å². The maximum atomic E-state index is 11.4. The molecule has 0 aromatic heterocycles. The van der Waals surface area contributed by atoms with Crippen LogP contribution in [-0.4, -0.2) is 24.7 Å². The summed E-state index contributed by atoms with van der Waals surface area (Å²) < 4.78 is 10.4. The van der Waals surface area contributed by atoms with Gasteiger partial charge < -0.3 is 15.2 Å². The van der Waals surface area contributed by atoms with Crippen LogP contribution in [0.2, 0.25) is 0 Å². The van der Waals surface area contributed by atoms with Crippen LogP contribution in [0, 0.1) is 0 Å². The molecule has 0 aliphatic rings. The highest BCUT2D eigenvalue weighted by atomic mass is 16.5. The summed E-state index contributed by atoms with van der Waals surface area (Å²) in [6, 6.07) is 7.19. The largest absolute Gasteiger partial charge is 0.462 e. The first-order valence-corrected chi connectivity index (χ1v) is 6.05. The Balaban J connectivity index is 2.48. The Morgan fingerprint density at radius 2 is 1.89 bits per heavy atom. The maximum Gasteiger partial charge on any atom is 0.338 e. The fourth-order valence-corrected chi connectivity index (χ4v) is 1.38. The molecule has 18 heavy (non-hydrogen) atoms. The molecule has 0 amide bonds. The number of carbonyl (C=O) groups excluding carboxylic acids is 1. The van der Waals surface area contributed by atoms with E-state index in [1.165, 1.54) is 0 Å². The van der Waals surface area contributed by atoms with Crippen LogP contribution in [0.5, 0.6) is 0 Å². The minimum atomic E-state index is -0.328. The smallest absolute Gasteiger partial charge is 0.338 e. The van der Waals surface area contributed by atoms with Crippen LogP contribution in [0.3, 0.4) is 0 Å². The lowest BCUT2D eigenvalue weighted by Crippen LogP contribution is -2.37. The van der Waals surface area contributed by atoms with Gasteiger partial charge in [0, 0.05) is 5.54 Å². The molecule has 0 unspecified atom stereocenters. The highest BCUT2D eigenvalue weighted by molar-refractivity contribution is 5.89. The van der Waals surface area contributed by atoms with Gasteiger partial charge in [0.15, 0.2) is 0 Å². The standard InChI is InChI=1S/C14H21NO3/c1-4-18-13(16)12-7-5-11(6-8-12)9-17-10-14(2,3)15/h5-8H,4,9-10,15H2,1-3H3. The van der Waals surface area contributed by atoms with Crippen molar-refractivity contribution in [2.75, 3.05) is 13.2 Å². The molecule has 0 saturated heterocycles. The van der Waals surface area contributed by atoms with E-state index in [4.69, 9.17) is 15.2 Å². The Hall–Kier alpha value is -1.39. The lowest BCUT2D eigenvalue weighted by molar-refractivity contribution is 0.0526. The van der Waals surface area contributed by atoms with Gasteiger partial charge in [-0.2, -0.15) is 0 Å². The first kappa shape index (κ1) is 14.7. The van der Waals surface area contributed by atoms with Gasteiger partial charge in [0.05, 0.1) is 25.4 Å². The summed E-state index contributed by atoms with van der Waals surface area (Å²) in [7, 11) is 0. The maximum absolute atomic E-state index is 11.4. The fraction of sp³-hybridized carbons (Fsp3) is 0.500. The molecule has 0 fully saturated rings. The highest BCUT2D eigenvalue weighted by Gasteiger charge is 2.10. The first-order valence-electron chi connectivity index (χ1n) is 6.05. The van der Waals surface area contributed by atoms with Crippen molar-refractivity contribution in [3.8, 4) is 0 Å². The van der Waals surface area contributed by atoms with Crippen molar-refractivity contribution in [3.63, 3.8) is 0 Å². The van der Waals surface area contributed by atoms with Gasteiger partial charge in [-0.1, -0.05) is 12.1 Å². The molecular formula is C14H21NO3. The molecule has 0 atom stereocenters. The quantitative estimate of drug-likeness (QED) is 0.787. The summed E-state index contributed by atoms with van der Waals surface area (Å²) >= 11 is 0. The Labute approximate surface area is 108 Å². The van der Waals surface area contributed by atoms with E-state index in [-0.39, 0.29) is 11.5 Å². The molecule has 0 saturated carbocycles. The number of rotatable bonds is 6. The molecule has 0 heterocycles. The normalized spacial score (nSPS) is 11.3. The third kappa shape index (κ3) is 5.29. The molecule has 1 aromatic carbocycles. The topological polar surface area (TPSA) is 61.5 Å². The second-order valence-electron chi connectivity index (χ2n) is 4.90. The van der Waals surface area contributed by atoms with Gasteiger partial charge in [-0.3, -0.25) is 0 Å². The lowest BCUT2D eigenvalue weighted by atomic mass is 10.1. The molecule has 1 aromatic rings. The second kappa shape index (κ2) is 6.52. The molecule has 0 bridgehead atoms. The second-order valence-corrected chi connectivity index (χ2v) is 4.90. The molecule has 0 aliphatic carbocycles. The van der Waals surface area contributed by atoms with Crippen molar-refractivity contribution in [3.05, 3.63) is 35.4 Å². The fourth-order valence-electron chi connectivity index (χ4n) is 1.38. The zero-order chi connectivity index (χ0) is 13.6. The van der Waals surface area contributed by atoms with Crippen LogP contribution in [0.25, 0.3) is 0 Å². The van der Waals surface area contributed by atoms with E-state index < -0.39 is 0 Å². The number of carbonyl (C=O) groups is 1. The van der Waals surface area contributed by atoms with Crippen LogP contribution >= 0.6 is 0 Å². The van der Waals surface area contributed by atoms with Gasteiger partial charge in [0.1, 0.15) is 0 Å². The molecular weight excluding hydrogens is 230 g/mol. The Bertz CT molecular complexity index is 379. The molecule has 1 rings (SSSR count). The van der Waals surface area contributed by atoms with E-state index in [1.807, 2.05) is 26.0 Å². The summed E-state index contributed by atoms with van der Waals surface area (Å²) in [5, 5.41) is 0. The lowest BCUT2D eigenvalue weighted by Gasteiger charge is -2.18. The van der Waals surface area contributed by atoms with Crippen molar-refractivity contribution in [1.29, 1.82) is 0 Å². The Morgan fingerprint density at radius 1 is 1.28 bits per heavy atom. The number of ether oxygens (including phenoxy) is 2. The minimum Gasteiger partial charge on any atom is -0.462 e. The zero-order valence-electron chi connectivity index (χ0n) is 11.2. The summed E-state index contributed by atoms with van der Waals surface area (Å²) in [5.41, 5.74) is 7.04. The van der Waals surface area contributed by atoms with Crippen molar-refractivity contribution in [2.45, 2.75) is 32.9 Å². The van der Waals surface area contributed by atoms with Crippen molar-refractivity contribution >= 4 is 5.97 Å². The summed E-state index contributed by atoms with van der Waals surface area (Å²) in [4.78, 5) is 11.4. The molecule has 2 N–H and O–H groups in total. The van der Waals surface area contributed by atoms with Crippen LogP contribution in [0.1, 0.15) is 36.7 Å². The van der Waals surface area contributed by atoms with E-state index in [1.54, 1.807) is 19.1 Å². The molecule has 0 spiro atoms. The number of esters is 1. The number of benzene rings is 1. The van der Waals surface area contributed by atoms with Gasteiger partial charge in [0.2, 0.25) is 0 Å². The minimum absolute atomic E-state index is 0.298. The average Bonchev–Trinajstić information content (AvgIpc) is 2.28. The average molecular weight is 251 g/mol.